The van der Waals surface area contributed by atoms with Crippen LogP contribution in [0, 0.1) is 0 Å². The van der Waals surface area contributed by atoms with Crippen LogP contribution in [0.3, 0.4) is 0 Å². The molecule has 0 aliphatic rings. The van der Waals surface area contributed by atoms with Gasteiger partial charge in [0.1, 0.15) is 6.61 Å². The molecule has 0 radical (unpaired) electrons. The van der Waals surface area contributed by atoms with Gasteiger partial charge >= 0.3 is 17.9 Å². The fraction of sp³-hybridized carbons (Fsp3) is 0.766. The van der Waals surface area contributed by atoms with Crippen molar-refractivity contribution in [3.05, 3.63) is 48.6 Å². The minimum absolute atomic E-state index is 0.0518. The zero-order valence-electron chi connectivity index (χ0n) is 36.1. The number of quaternary nitrogens is 1. The largest absolute Gasteiger partial charge is 0.477 e. The van der Waals surface area contributed by atoms with Gasteiger partial charge in [0, 0.05) is 19.3 Å². The van der Waals surface area contributed by atoms with Crippen LogP contribution in [0.15, 0.2) is 48.6 Å². The van der Waals surface area contributed by atoms with Crippen LogP contribution in [0.4, 0.5) is 0 Å². The summed E-state index contributed by atoms with van der Waals surface area (Å²) in [7, 11) is 5.52. The molecule has 0 fully saturated rings. The lowest BCUT2D eigenvalue weighted by atomic mass is 10.0. The number of carbonyl (C=O) groups is 3. The smallest absolute Gasteiger partial charge is 0.362 e. The van der Waals surface area contributed by atoms with Crippen molar-refractivity contribution >= 4 is 17.9 Å². The Kier molecular flexibility index (Phi) is 36.3. The van der Waals surface area contributed by atoms with Gasteiger partial charge in [-0.15, -0.1) is 0 Å². The van der Waals surface area contributed by atoms with Crippen LogP contribution in [-0.4, -0.2) is 80.6 Å². The minimum atomic E-state index is -0.880. The number of esters is 2. The summed E-state index contributed by atoms with van der Waals surface area (Å²) in [5.74, 6) is -1.50. The van der Waals surface area contributed by atoms with Crippen LogP contribution in [-0.2, 0) is 28.6 Å². The summed E-state index contributed by atoms with van der Waals surface area (Å²) in [4.78, 5) is 37.0. The molecule has 0 amide bonds. The summed E-state index contributed by atoms with van der Waals surface area (Å²) in [5, 5.41) is 9.62. The van der Waals surface area contributed by atoms with Crippen molar-refractivity contribution < 1.29 is 38.2 Å². The predicted molar refractivity (Wildman–Crippen MR) is 229 cm³/mol. The second kappa shape index (κ2) is 38.2. The summed E-state index contributed by atoms with van der Waals surface area (Å²) >= 11 is 0. The summed E-state index contributed by atoms with van der Waals surface area (Å²) in [6.45, 7) is 4.60. The van der Waals surface area contributed by atoms with E-state index in [1.807, 2.05) is 21.1 Å². The van der Waals surface area contributed by atoms with E-state index in [0.29, 0.717) is 19.3 Å². The Balaban J connectivity index is 4.39. The van der Waals surface area contributed by atoms with Crippen LogP contribution >= 0.6 is 0 Å². The van der Waals surface area contributed by atoms with Gasteiger partial charge in [0.25, 0.3) is 0 Å². The van der Waals surface area contributed by atoms with Crippen molar-refractivity contribution in [3.63, 3.8) is 0 Å². The fourth-order valence-electron chi connectivity index (χ4n) is 6.32. The highest BCUT2D eigenvalue weighted by Gasteiger charge is 2.31. The lowest BCUT2D eigenvalue weighted by Gasteiger charge is -2.31. The lowest BCUT2D eigenvalue weighted by molar-refractivity contribution is -0.887. The first kappa shape index (κ1) is 52.3. The Bertz CT molecular complexity index is 1040. The van der Waals surface area contributed by atoms with Gasteiger partial charge in [0.15, 0.2) is 12.1 Å². The third-order valence-electron chi connectivity index (χ3n) is 9.74. The highest BCUT2D eigenvalue weighted by atomic mass is 16.6. The van der Waals surface area contributed by atoms with Gasteiger partial charge in [-0.25, -0.2) is 4.79 Å². The average Bonchev–Trinajstić information content (AvgIpc) is 3.14. The first-order chi connectivity index (χ1) is 26.6. The van der Waals surface area contributed by atoms with Gasteiger partial charge < -0.3 is 23.8 Å². The van der Waals surface area contributed by atoms with Gasteiger partial charge in [-0.05, 0) is 51.4 Å². The maximum absolute atomic E-state index is 12.7. The van der Waals surface area contributed by atoms with E-state index >= 15 is 0 Å². The first-order valence-electron chi connectivity index (χ1n) is 22.2. The van der Waals surface area contributed by atoms with E-state index in [0.717, 1.165) is 77.0 Å². The number of nitrogens with zero attached hydrogens (tertiary/aromatic N) is 1. The van der Waals surface area contributed by atoms with Crippen LogP contribution in [0.5, 0.6) is 0 Å². The number of aliphatic carboxylic acids is 1. The van der Waals surface area contributed by atoms with Crippen molar-refractivity contribution in [1.29, 1.82) is 0 Å². The molecule has 0 aliphatic carbocycles. The number of unbranched alkanes of at least 4 members (excludes halogenated alkanes) is 17. The van der Waals surface area contributed by atoms with E-state index in [1.165, 1.54) is 70.6 Å². The third-order valence-corrected chi connectivity index (χ3v) is 9.74. The number of hydrogen-bond acceptors (Lipinski definition) is 6. The summed E-state index contributed by atoms with van der Waals surface area (Å²) < 4.78 is 17.3. The van der Waals surface area contributed by atoms with Crippen molar-refractivity contribution in [2.45, 2.75) is 193 Å². The molecule has 0 saturated carbocycles. The van der Waals surface area contributed by atoms with Crippen LogP contribution in [0.2, 0.25) is 0 Å². The quantitative estimate of drug-likeness (QED) is 0.0287. The Morgan fingerprint density at radius 2 is 1.02 bits per heavy atom. The SMILES string of the molecule is CC/C=C\C/C=C\C/C=C\C/C=C\CCCCCCC(=O)OC(COCCC(C(=O)O)[N+](C)(C)C)COC(=O)CCCCCCCCCCCCCCCC. The van der Waals surface area contributed by atoms with Gasteiger partial charge in [0.2, 0.25) is 0 Å². The molecule has 2 atom stereocenters. The molecule has 0 bridgehead atoms. The Labute approximate surface area is 337 Å². The maximum Gasteiger partial charge on any atom is 0.362 e. The molecule has 0 aromatic heterocycles. The highest BCUT2D eigenvalue weighted by Crippen LogP contribution is 2.15. The molecule has 0 rings (SSSR count). The van der Waals surface area contributed by atoms with Crippen molar-refractivity contribution in [2.75, 3.05) is 41.0 Å². The molecule has 1 N–H and O–H groups in total. The molecule has 318 valence electrons. The Morgan fingerprint density at radius 3 is 1.51 bits per heavy atom. The third kappa shape index (κ3) is 36.7. The van der Waals surface area contributed by atoms with Crippen LogP contribution < -0.4 is 0 Å². The molecule has 2 unspecified atom stereocenters. The maximum atomic E-state index is 12.7. The Hall–Kier alpha value is -2.71. The predicted octanol–water partition coefficient (Wildman–Crippen LogP) is 12.0. The van der Waals surface area contributed by atoms with E-state index in [-0.39, 0.29) is 36.2 Å². The van der Waals surface area contributed by atoms with Gasteiger partial charge in [0.05, 0.1) is 34.4 Å². The standard InChI is InChI=1S/C47H83NO7/c1-6-8-10-12-14-16-18-20-22-23-24-26-28-30-32-34-36-38-46(50)55-43(41-53-40-39-44(47(51)52)48(3,4)5)42-54-45(49)37-35-33-31-29-27-25-21-19-17-15-13-11-9-7-2/h8,10,14,16,20,22,24,26,43-44H,6-7,9,11-13,15,17-19,21,23,25,27-42H2,1-5H3/p+1/b10-8-,16-14-,22-20-,26-24-. The number of carboxylic acids is 1. The van der Waals surface area contributed by atoms with E-state index in [9.17, 15) is 19.5 Å². The summed E-state index contributed by atoms with van der Waals surface area (Å²) in [6.07, 6.45) is 44.3. The van der Waals surface area contributed by atoms with E-state index in [1.54, 1.807) is 0 Å². The van der Waals surface area contributed by atoms with E-state index < -0.39 is 18.1 Å². The van der Waals surface area contributed by atoms with Crippen molar-refractivity contribution in [1.82, 2.24) is 0 Å². The molecule has 8 heteroatoms. The monoisotopic (exact) mass is 775 g/mol. The zero-order chi connectivity index (χ0) is 40.7. The highest BCUT2D eigenvalue weighted by molar-refractivity contribution is 5.72. The molecule has 0 heterocycles. The molecule has 0 saturated heterocycles. The second-order valence-electron chi connectivity index (χ2n) is 15.9. The lowest BCUT2D eigenvalue weighted by Crippen LogP contribution is -2.50. The molecular formula is C47H84NO7+. The van der Waals surface area contributed by atoms with Gasteiger partial charge in [-0.1, -0.05) is 159 Å². The van der Waals surface area contributed by atoms with Gasteiger partial charge in [-0.2, -0.15) is 0 Å². The molecule has 0 spiro atoms. The Morgan fingerprint density at radius 1 is 0.564 bits per heavy atom. The number of allylic oxidation sites excluding steroid dienone is 8. The first-order valence-corrected chi connectivity index (χ1v) is 22.2. The van der Waals surface area contributed by atoms with Crippen LogP contribution in [0.1, 0.15) is 181 Å². The number of carbonyl (C=O) groups excluding carboxylic acids is 2. The molecule has 0 aromatic rings. The zero-order valence-corrected chi connectivity index (χ0v) is 36.1. The molecule has 55 heavy (non-hydrogen) atoms. The molecule has 8 nitrogen and oxygen atoms in total. The fourth-order valence-corrected chi connectivity index (χ4v) is 6.32. The van der Waals surface area contributed by atoms with Crippen molar-refractivity contribution in [2.24, 2.45) is 0 Å². The number of likely N-dealkylation sites (N-methyl/N-ethyl adjacent to an activating group) is 1. The summed E-state index contributed by atoms with van der Waals surface area (Å²) in [5.41, 5.74) is 0. The van der Waals surface area contributed by atoms with Gasteiger partial charge in [-0.3, -0.25) is 9.59 Å². The number of rotatable bonds is 39. The van der Waals surface area contributed by atoms with Crippen molar-refractivity contribution in [3.8, 4) is 0 Å². The van der Waals surface area contributed by atoms with E-state index in [4.69, 9.17) is 14.2 Å². The topological polar surface area (TPSA) is 99.1 Å². The van der Waals surface area contributed by atoms with E-state index in [2.05, 4.69) is 62.5 Å². The summed E-state index contributed by atoms with van der Waals surface area (Å²) in [6, 6.07) is -0.619. The molecule has 0 aromatic carbocycles. The number of carboxylic acid groups (broad SMARTS) is 1. The molecule has 0 aliphatic heterocycles. The normalized spacial score (nSPS) is 13.4. The second-order valence-corrected chi connectivity index (χ2v) is 15.9. The van der Waals surface area contributed by atoms with Crippen LogP contribution in [0.25, 0.3) is 0 Å². The number of hydrogen-bond donors (Lipinski definition) is 1. The molecular weight excluding hydrogens is 691 g/mol. The minimum Gasteiger partial charge on any atom is -0.477 e. The number of ether oxygens (including phenoxy) is 3. The average molecular weight is 775 g/mol.